The van der Waals surface area contributed by atoms with Gasteiger partial charge in [0.1, 0.15) is 0 Å². The van der Waals surface area contributed by atoms with Gasteiger partial charge in [0.05, 0.1) is 16.9 Å². The van der Waals surface area contributed by atoms with E-state index in [1.807, 2.05) is 19.9 Å². The van der Waals surface area contributed by atoms with E-state index in [9.17, 15) is 4.79 Å². The highest BCUT2D eigenvalue weighted by molar-refractivity contribution is 5.99. The molecule has 1 fully saturated rings. The first-order chi connectivity index (χ1) is 9.08. The summed E-state index contributed by atoms with van der Waals surface area (Å²) in [4.78, 5) is 15.8. The van der Waals surface area contributed by atoms with Crippen molar-refractivity contribution in [2.75, 3.05) is 18.4 Å². The predicted molar refractivity (Wildman–Crippen MR) is 76.4 cm³/mol. The number of aromatic nitrogens is 1. The molecule has 5 heteroatoms. The molecule has 1 aliphatic heterocycles. The van der Waals surface area contributed by atoms with Crippen LogP contribution in [0.15, 0.2) is 6.07 Å². The van der Waals surface area contributed by atoms with Gasteiger partial charge in [-0.1, -0.05) is 0 Å². The molecule has 0 unspecified atom stereocenters. The summed E-state index contributed by atoms with van der Waals surface area (Å²) in [6, 6.07) is 2.48. The first kappa shape index (κ1) is 13.8. The summed E-state index contributed by atoms with van der Waals surface area (Å²) in [7, 11) is 0. The molecule has 1 aliphatic rings. The lowest BCUT2D eigenvalue weighted by Gasteiger charge is -2.15. The normalized spacial score (nSPS) is 18.5. The molecule has 0 radical (unpaired) electrons. The van der Waals surface area contributed by atoms with E-state index in [2.05, 4.69) is 15.6 Å². The maximum absolute atomic E-state index is 11.5. The monoisotopic (exact) mass is 262 g/mol. The summed E-state index contributed by atoms with van der Waals surface area (Å²) < 4.78 is 0. The molecule has 0 aromatic carbocycles. The second-order valence-electron chi connectivity index (χ2n) is 5.14. The third kappa shape index (κ3) is 3.44. The smallest absolute Gasteiger partial charge is 0.252 e. The summed E-state index contributed by atoms with van der Waals surface area (Å²) in [5, 5.41) is 6.78. The van der Waals surface area contributed by atoms with Crippen LogP contribution in [0, 0.1) is 13.8 Å². The Hall–Kier alpha value is -1.62. The molecular formula is C14H22N4O. The minimum Gasteiger partial charge on any atom is -0.384 e. The van der Waals surface area contributed by atoms with Crippen LogP contribution in [-0.4, -0.2) is 30.0 Å². The average molecular weight is 262 g/mol. The van der Waals surface area contributed by atoms with Gasteiger partial charge in [-0.05, 0) is 45.7 Å². The number of primary amides is 1. The number of anilines is 1. The van der Waals surface area contributed by atoms with Crippen molar-refractivity contribution in [2.45, 2.75) is 39.2 Å². The van der Waals surface area contributed by atoms with Crippen LogP contribution in [0.1, 0.15) is 41.0 Å². The van der Waals surface area contributed by atoms with Crippen molar-refractivity contribution < 1.29 is 4.79 Å². The zero-order valence-corrected chi connectivity index (χ0v) is 11.6. The van der Waals surface area contributed by atoms with Gasteiger partial charge in [-0.15, -0.1) is 0 Å². The Morgan fingerprint density at radius 3 is 3.00 bits per heavy atom. The number of aryl methyl sites for hydroxylation is 2. The highest BCUT2D eigenvalue weighted by Crippen LogP contribution is 2.19. The zero-order valence-electron chi connectivity index (χ0n) is 11.6. The Kier molecular flexibility index (Phi) is 4.37. The first-order valence-corrected chi connectivity index (χ1v) is 6.83. The molecule has 4 N–H and O–H groups in total. The van der Waals surface area contributed by atoms with Crippen LogP contribution in [0.5, 0.6) is 0 Å². The van der Waals surface area contributed by atoms with Crippen molar-refractivity contribution in [3.63, 3.8) is 0 Å². The zero-order chi connectivity index (χ0) is 13.8. The van der Waals surface area contributed by atoms with E-state index in [-0.39, 0.29) is 0 Å². The summed E-state index contributed by atoms with van der Waals surface area (Å²) in [5.74, 6) is -0.425. The van der Waals surface area contributed by atoms with E-state index >= 15 is 0 Å². The number of hydrogen-bond donors (Lipinski definition) is 3. The molecule has 1 aromatic heterocycles. The van der Waals surface area contributed by atoms with Crippen LogP contribution >= 0.6 is 0 Å². The van der Waals surface area contributed by atoms with Crippen molar-refractivity contribution >= 4 is 11.6 Å². The third-order valence-electron chi connectivity index (χ3n) is 3.55. The van der Waals surface area contributed by atoms with Gasteiger partial charge in [-0.2, -0.15) is 0 Å². The maximum Gasteiger partial charge on any atom is 0.252 e. The molecule has 1 aromatic rings. The fourth-order valence-electron chi connectivity index (χ4n) is 2.66. The van der Waals surface area contributed by atoms with Gasteiger partial charge in [-0.3, -0.25) is 9.78 Å². The van der Waals surface area contributed by atoms with Gasteiger partial charge in [0, 0.05) is 18.3 Å². The highest BCUT2D eigenvalue weighted by atomic mass is 16.1. The summed E-state index contributed by atoms with van der Waals surface area (Å²) in [6.07, 6.45) is 3.54. The van der Waals surface area contributed by atoms with Crippen LogP contribution in [0.25, 0.3) is 0 Å². The van der Waals surface area contributed by atoms with Crippen molar-refractivity contribution in [3.05, 3.63) is 23.0 Å². The number of nitrogens with zero attached hydrogens (tertiary/aromatic N) is 1. The quantitative estimate of drug-likeness (QED) is 0.748. The summed E-state index contributed by atoms with van der Waals surface area (Å²) in [5.41, 5.74) is 8.32. The van der Waals surface area contributed by atoms with E-state index in [4.69, 9.17) is 5.73 Å². The number of carbonyl (C=O) groups excluding carboxylic acids is 1. The molecule has 1 saturated heterocycles. The third-order valence-corrected chi connectivity index (χ3v) is 3.55. The second-order valence-corrected chi connectivity index (χ2v) is 5.14. The lowest BCUT2D eigenvalue weighted by Crippen LogP contribution is -2.25. The topological polar surface area (TPSA) is 80.0 Å². The fraction of sp³-hybridized carbons (Fsp3) is 0.571. The number of pyridine rings is 1. The highest BCUT2D eigenvalue weighted by Gasteiger charge is 2.16. The minimum absolute atomic E-state index is 0.425. The molecule has 2 rings (SSSR count). The van der Waals surface area contributed by atoms with Gasteiger partial charge >= 0.3 is 0 Å². The Labute approximate surface area is 114 Å². The molecular weight excluding hydrogens is 240 g/mol. The minimum atomic E-state index is -0.425. The first-order valence-electron chi connectivity index (χ1n) is 6.83. The van der Waals surface area contributed by atoms with E-state index in [1.165, 1.54) is 12.8 Å². The van der Waals surface area contributed by atoms with Crippen LogP contribution in [0.4, 0.5) is 5.69 Å². The Morgan fingerprint density at radius 2 is 2.37 bits per heavy atom. The van der Waals surface area contributed by atoms with Gasteiger partial charge in [0.2, 0.25) is 0 Å². The van der Waals surface area contributed by atoms with Gasteiger partial charge in [0.15, 0.2) is 0 Å². The molecule has 0 saturated carbocycles. The molecule has 1 atom stereocenters. The second kappa shape index (κ2) is 6.02. The van der Waals surface area contributed by atoms with Gasteiger partial charge in [0.25, 0.3) is 5.91 Å². The Balaban J connectivity index is 2.03. The van der Waals surface area contributed by atoms with Crippen LogP contribution in [-0.2, 0) is 0 Å². The lowest BCUT2D eigenvalue weighted by atomic mass is 10.1. The van der Waals surface area contributed by atoms with E-state index in [0.717, 1.165) is 30.9 Å². The molecule has 0 spiro atoms. The standard InChI is InChI=1S/C14H22N4O/c1-9-8-12(13(14(15)19)10(2)18-9)17-7-5-11-4-3-6-16-11/h8,11,16H,3-7H2,1-2H3,(H2,15,19)(H,17,18)/t11-/m1/s1. The number of hydrogen-bond acceptors (Lipinski definition) is 4. The van der Waals surface area contributed by atoms with Gasteiger partial charge < -0.3 is 16.4 Å². The lowest BCUT2D eigenvalue weighted by molar-refractivity contribution is 0.1000. The Morgan fingerprint density at radius 1 is 1.58 bits per heavy atom. The molecule has 19 heavy (non-hydrogen) atoms. The molecule has 2 heterocycles. The SMILES string of the molecule is Cc1cc(NCC[C@H]2CCCN2)c(C(N)=O)c(C)n1. The van der Waals surface area contributed by atoms with Crippen molar-refractivity contribution in [2.24, 2.45) is 5.73 Å². The van der Waals surface area contributed by atoms with E-state index < -0.39 is 5.91 Å². The van der Waals surface area contributed by atoms with E-state index in [1.54, 1.807) is 0 Å². The summed E-state index contributed by atoms with van der Waals surface area (Å²) in [6.45, 7) is 5.68. The van der Waals surface area contributed by atoms with Crippen LogP contribution in [0.3, 0.4) is 0 Å². The van der Waals surface area contributed by atoms with Crippen LogP contribution in [0.2, 0.25) is 0 Å². The molecule has 104 valence electrons. The number of rotatable bonds is 5. The van der Waals surface area contributed by atoms with Crippen LogP contribution < -0.4 is 16.4 Å². The fourth-order valence-corrected chi connectivity index (χ4v) is 2.66. The molecule has 1 amide bonds. The van der Waals surface area contributed by atoms with E-state index in [0.29, 0.717) is 17.3 Å². The maximum atomic E-state index is 11.5. The average Bonchev–Trinajstić information content (AvgIpc) is 2.80. The molecule has 0 bridgehead atoms. The molecule has 0 aliphatic carbocycles. The van der Waals surface area contributed by atoms with Crippen molar-refractivity contribution in [1.82, 2.24) is 10.3 Å². The molecule has 5 nitrogen and oxygen atoms in total. The van der Waals surface area contributed by atoms with Crippen molar-refractivity contribution in [1.29, 1.82) is 0 Å². The Bertz CT molecular complexity index is 467. The number of amides is 1. The number of carbonyl (C=O) groups is 1. The van der Waals surface area contributed by atoms with Gasteiger partial charge in [-0.25, -0.2) is 0 Å². The number of nitrogens with one attached hydrogen (secondary N) is 2. The number of nitrogens with two attached hydrogens (primary N) is 1. The largest absolute Gasteiger partial charge is 0.384 e. The summed E-state index contributed by atoms with van der Waals surface area (Å²) >= 11 is 0. The van der Waals surface area contributed by atoms with Crippen molar-refractivity contribution in [3.8, 4) is 0 Å². The predicted octanol–water partition coefficient (Wildman–Crippen LogP) is 1.35.